The summed E-state index contributed by atoms with van der Waals surface area (Å²) in [7, 11) is 0. The number of hydrogen-bond acceptors (Lipinski definition) is 3. The van der Waals surface area contributed by atoms with E-state index in [0.29, 0.717) is 0 Å². The van der Waals surface area contributed by atoms with Crippen LogP contribution in [-0.4, -0.2) is 16.4 Å². The minimum Gasteiger partial charge on any atom is -0.393 e. The molecule has 62 valence electrons. The second kappa shape index (κ2) is 3.53. The summed E-state index contributed by atoms with van der Waals surface area (Å²) in [5.41, 5.74) is 0.894. The third-order valence-electron chi connectivity index (χ3n) is 1.49. The second-order valence-electron chi connectivity index (χ2n) is 2.82. The Bertz CT molecular complexity index is 218. The quantitative estimate of drug-likeness (QED) is 0.715. The van der Waals surface area contributed by atoms with Gasteiger partial charge in [0.15, 0.2) is 0 Å². The average molecular weight is 155 g/mol. The zero-order valence-electron chi connectivity index (χ0n) is 6.87. The summed E-state index contributed by atoms with van der Waals surface area (Å²) in [6.45, 7) is 3.65. The molecule has 0 aliphatic heterocycles. The van der Waals surface area contributed by atoms with Crippen LogP contribution in [0.1, 0.15) is 24.8 Å². The first-order valence-electron chi connectivity index (χ1n) is 3.79. The number of aliphatic hydroxyl groups excluding tert-OH is 1. The Labute approximate surface area is 66.0 Å². The highest BCUT2D eigenvalue weighted by Crippen LogP contribution is 2.06. The molecule has 1 unspecified atom stereocenters. The zero-order valence-corrected chi connectivity index (χ0v) is 6.87. The number of aryl methyl sites for hydroxylation is 2. The SMILES string of the molecule is Cc1cc(CCC(C)O)on1. The van der Waals surface area contributed by atoms with E-state index in [0.717, 1.165) is 24.3 Å². The largest absolute Gasteiger partial charge is 0.393 e. The highest BCUT2D eigenvalue weighted by molar-refractivity contribution is 5.02. The first-order chi connectivity index (χ1) is 5.18. The van der Waals surface area contributed by atoms with Crippen LogP contribution in [0.5, 0.6) is 0 Å². The summed E-state index contributed by atoms with van der Waals surface area (Å²) in [5, 5.41) is 12.7. The van der Waals surface area contributed by atoms with Crippen molar-refractivity contribution in [2.45, 2.75) is 32.8 Å². The fourth-order valence-corrected chi connectivity index (χ4v) is 0.885. The molecule has 0 amide bonds. The lowest BCUT2D eigenvalue weighted by Crippen LogP contribution is -2.00. The summed E-state index contributed by atoms with van der Waals surface area (Å²) < 4.78 is 4.95. The normalized spacial score (nSPS) is 13.4. The van der Waals surface area contributed by atoms with Crippen molar-refractivity contribution in [3.63, 3.8) is 0 Å². The summed E-state index contributed by atoms with van der Waals surface area (Å²) in [5.74, 6) is 0.850. The van der Waals surface area contributed by atoms with E-state index in [1.165, 1.54) is 0 Å². The summed E-state index contributed by atoms with van der Waals surface area (Å²) in [6, 6.07) is 1.89. The maximum absolute atomic E-state index is 8.96. The monoisotopic (exact) mass is 155 g/mol. The molecule has 0 radical (unpaired) electrons. The number of hydrogen-bond donors (Lipinski definition) is 1. The highest BCUT2D eigenvalue weighted by Gasteiger charge is 2.02. The van der Waals surface area contributed by atoms with Gasteiger partial charge in [0.1, 0.15) is 5.76 Å². The lowest BCUT2D eigenvalue weighted by atomic mass is 10.2. The van der Waals surface area contributed by atoms with Gasteiger partial charge in [0, 0.05) is 12.5 Å². The maximum Gasteiger partial charge on any atom is 0.137 e. The smallest absolute Gasteiger partial charge is 0.137 e. The predicted octanol–water partition coefficient (Wildman–Crippen LogP) is 1.30. The number of rotatable bonds is 3. The van der Waals surface area contributed by atoms with Crippen molar-refractivity contribution < 1.29 is 9.63 Å². The van der Waals surface area contributed by atoms with Crippen molar-refractivity contribution in [3.05, 3.63) is 17.5 Å². The molecule has 3 nitrogen and oxygen atoms in total. The van der Waals surface area contributed by atoms with Gasteiger partial charge in [-0.3, -0.25) is 0 Å². The van der Waals surface area contributed by atoms with Gasteiger partial charge in [0.25, 0.3) is 0 Å². The molecule has 0 saturated heterocycles. The minimum atomic E-state index is -0.264. The second-order valence-corrected chi connectivity index (χ2v) is 2.82. The molecule has 3 heteroatoms. The van der Waals surface area contributed by atoms with Crippen molar-refractivity contribution in [1.29, 1.82) is 0 Å². The molecule has 0 aliphatic carbocycles. The van der Waals surface area contributed by atoms with Gasteiger partial charge in [-0.25, -0.2) is 0 Å². The molecule has 0 aliphatic rings. The first-order valence-corrected chi connectivity index (χ1v) is 3.79. The maximum atomic E-state index is 8.96. The minimum absolute atomic E-state index is 0.264. The van der Waals surface area contributed by atoms with Crippen molar-refractivity contribution in [2.24, 2.45) is 0 Å². The third kappa shape index (κ3) is 2.72. The molecule has 11 heavy (non-hydrogen) atoms. The van der Waals surface area contributed by atoms with Crippen LogP contribution >= 0.6 is 0 Å². The van der Waals surface area contributed by atoms with E-state index in [1.807, 2.05) is 13.0 Å². The lowest BCUT2D eigenvalue weighted by molar-refractivity contribution is 0.181. The van der Waals surface area contributed by atoms with Gasteiger partial charge in [-0.05, 0) is 20.3 Å². The molecule has 1 heterocycles. The van der Waals surface area contributed by atoms with Crippen LogP contribution in [0.15, 0.2) is 10.6 Å². The van der Waals surface area contributed by atoms with Gasteiger partial charge < -0.3 is 9.63 Å². The first kappa shape index (κ1) is 8.27. The van der Waals surface area contributed by atoms with Crippen LogP contribution in [0.4, 0.5) is 0 Å². The van der Waals surface area contributed by atoms with E-state index in [1.54, 1.807) is 6.92 Å². The molecule has 1 rings (SSSR count). The number of aromatic nitrogens is 1. The molecule has 0 spiro atoms. The molecule has 1 atom stereocenters. The Morgan fingerprint density at radius 2 is 2.45 bits per heavy atom. The molecule has 1 aromatic rings. The van der Waals surface area contributed by atoms with Gasteiger partial charge >= 0.3 is 0 Å². The van der Waals surface area contributed by atoms with Gasteiger partial charge in [0.05, 0.1) is 11.8 Å². The Morgan fingerprint density at radius 3 is 2.91 bits per heavy atom. The zero-order chi connectivity index (χ0) is 8.27. The number of aliphatic hydroxyl groups is 1. The van der Waals surface area contributed by atoms with Crippen LogP contribution in [0.3, 0.4) is 0 Å². The van der Waals surface area contributed by atoms with Crippen molar-refractivity contribution in [3.8, 4) is 0 Å². The molecule has 0 bridgehead atoms. The van der Waals surface area contributed by atoms with E-state index >= 15 is 0 Å². The van der Waals surface area contributed by atoms with Gasteiger partial charge in [-0.2, -0.15) is 0 Å². The Hall–Kier alpha value is -0.830. The van der Waals surface area contributed by atoms with Crippen molar-refractivity contribution in [2.75, 3.05) is 0 Å². The standard InChI is InChI=1S/C8H13NO2/c1-6-5-8(11-9-6)4-3-7(2)10/h5,7,10H,3-4H2,1-2H3. The van der Waals surface area contributed by atoms with Crippen LogP contribution in [0, 0.1) is 6.92 Å². The molecule has 1 aromatic heterocycles. The van der Waals surface area contributed by atoms with Gasteiger partial charge in [-0.15, -0.1) is 0 Å². The fraction of sp³-hybridized carbons (Fsp3) is 0.625. The van der Waals surface area contributed by atoms with E-state index in [2.05, 4.69) is 5.16 Å². The number of nitrogens with zero attached hydrogens (tertiary/aromatic N) is 1. The average Bonchev–Trinajstić information content (AvgIpc) is 2.31. The molecular formula is C8H13NO2. The van der Waals surface area contributed by atoms with E-state index in [4.69, 9.17) is 9.63 Å². The topological polar surface area (TPSA) is 46.3 Å². The summed E-state index contributed by atoms with van der Waals surface area (Å²) >= 11 is 0. The van der Waals surface area contributed by atoms with Crippen LogP contribution in [0.2, 0.25) is 0 Å². The fourth-order valence-electron chi connectivity index (χ4n) is 0.885. The molecule has 0 saturated carbocycles. The highest BCUT2D eigenvalue weighted by atomic mass is 16.5. The van der Waals surface area contributed by atoms with E-state index in [-0.39, 0.29) is 6.10 Å². The molecule has 1 N–H and O–H groups in total. The van der Waals surface area contributed by atoms with Gasteiger partial charge in [0.2, 0.25) is 0 Å². The Balaban J connectivity index is 2.39. The molecule has 0 aromatic carbocycles. The molecule has 0 fully saturated rings. The predicted molar refractivity (Wildman–Crippen MR) is 41.2 cm³/mol. The Kier molecular flexibility index (Phi) is 2.65. The van der Waals surface area contributed by atoms with Crippen LogP contribution in [-0.2, 0) is 6.42 Å². The van der Waals surface area contributed by atoms with Crippen LogP contribution < -0.4 is 0 Å². The summed E-state index contributed by atoms with van der Waals surface area (Å²) in [6.07, 6.45) is 1.23. The van der Waals surface area contributed by atoms with E-state index < -0.39 is 0 Å². The van der Waals surface area contributed by atoms with Crippen molar-refractivity contribution in [1.82, 2.24) is 5.16 Å². The lowest BCUT2D eigenvalue weighted by Gasteiger charge is -1.98. The van der Waals surface area contributed by atoms with E-state index in [9.17, 15) is 0 Å². The Morgan fingerprint density at radius 1 is 1.73 bits per heavy atom. The van der Waals surface area contributed by atoms with Crippen LogP contribution in [0.25, 0.3) is 0 Å². The van der Waals surface area contributed by atoms with Crippen molar-refractivity contribution >= 4 is 0 Å². The molecular weight excluding hydrogens is 142 g/mol. The van der Waals surface area contributed by atoms with Gasteiger partial charge in [-0.1, -0.05) is 5.16 Å². The third-order valence-corrected chi connectivity index (χ3v) is 1.49. The summed E-state index contributed by atoms with van der Waals surface area (Å²) in [4.78, 5) is 0.